The number of rotatable bonds is 3. The SMILES string of the molecule is Cc1ccc2c(c1)N(S(C)(=O)=O)CC(C(=O)Nc1ccc(Br)c(C)c1)O2. The number of fused-ring (bicyclic) bond motifs is 1. The number of ether oxygens (including phenoxy) is 1. The second-order valence-corrected chi connectivity index (χ2v) is 9.09. The van der Waals surface area contributed by atoms with Gasteiger partial charge in [0.1, 0.15) is 5.75 Å². The molecule has 26 heavy (non-hydrogen) atoms. The van der Waals surface area contributed by atoms with Crippen molar-refractivity contribution < 1.29 is 17.9 Å². The monoisotopic (exact) mass is 438 g/mol. The smallest absolute Gasteiger partial charge is 0.267 e. The van der Waals surface area contributed by atoms with Crippen LogP contribution in [0.3, 0.4) is 0 Å². The molecule has 0 aliphatic carbocycles. The van der Waals surface area contributed by atoms with Crippen molar-refractivity contribution in [3.05, 3.63) is 52.0 Å². The first-order valence-corrected chi connectivity index (χ1v) is 10.6. The molecule has 0 aromatic heterocycles. The highest BCUT2D eigenvalue weighted by Gasteiger charge is 2.35. The third-order valence-corrected chi connectivity index (χ3v) is 6.14. The summed E-state index contributed by atoms with van der Waals surface area (Å²) >= 11 is 3.41. The molecule has 0 bridgehead atoms. The minimum Gasteiger partial charge on any atom is -0.476 e. The number of hydrogen-bond acceptors (Lipinski definition) is 4. The van der Waals surface area contributed by atoms with Crippen molar-refractivity contribution in [3.63, 3.8) is 0 Å². The number of carbonyl (C=O) groups excluding carboxylic acids is 1. The van der Waals surface area contributed by atoms with E-state index in [1.165, 1.54) is 4.31 Å². The number of hydrogen-bond donors (Lipinski definition) is 1. The van der Waals surface area contributed by atoms with Crippen molar-refractivity contribution in [2.24, 2.45) is 0 Å². The van der Waals surface area contributed by atoms with Gasteiger partial charge in [-0.25, -0.2) is 8.42 Å². The summed E-state index contributed by atoms with van der Waals surface area (Å²) in [5, 5.41) is 2.79. The number of amides is 1. The second kappa shape index (κ2) is 6.92. The summed E-state index contributed by atoms with van der Waals surface area (Å²) in [4.78, 5) is 12.6. The minimum absolute atomic E-state index is 0.0728. The van der Waals surface area contributed by atoms with Crippen molar-refractivity contribution in [1.82, 2.24) is 0 Å². The lowest BCUT2D eigenvalue weighted by Gasteiger charge is -2.34. The van der Waals surface area contributed by atoms with Crippen LogP contribution in [0, 0.1) is 13.8 Å². The number of nitrogens with one attached hydrogen (secondary N) is 1. The van der Waals surface area contributed by atoms with Crippen LogP contribution in [0.5, 0.6) is 5.75 Å². The lowest BCUT2D eigenvalue weighted by Crippen LogP contribution is -2.48. The van der Waals surface area contributed by atoms with Crippen molar-refractivity contribution in [3.8, 4) is 5.75 Å². The average molecular weight is 439 g/mol. The van der Waals surface area contributed by atoms with E-state index >= 15 is 0 Å². The van der Waals surface area contributed by atoms with Gasteiger partial charge in [-0.3, -0.25) is 9.10 Å². The van der Waals surface area contributed by atoms with Gasteiger partial charge in [0.05, 0.1) is 18.5 Å². The minimum atomic E-state index is -3.54. The van der Waals surface area contributed by atoms with E-state index in [2.05, 4.69) is 21.2 Å². The van der Waals surface area contributed by atoms with E-state index in [1.807, 2.05) is 32.0 Å². The van der Waals surface area contributed by atoms with Gasteiger partial charge in [-0.2, -0.15) is 0 Å². The van der Waals surface area contributed by atoms with Gasteiger partial charge >= 0.3 is 0 Å². The molecule has 2 aromatic carbocycles. The van der Waals surface area contributed by atoms with Crippen LogP contribution in [0.15, 0.2) is 40.9 Å². The van der Waals surface area contributed by atoms with Gasteiger partial charge in [0, 0.05) is 10.2 Å². The molecule has 6 nitrogen and oxygen atoms in total. The second-order valence-electron chi connectivity index (χ2n) is 6.32. The summed E-state index contributed by atoms with van der Waals surface area (Å²) in [6, 6.07) is 10.7. The summed E-state index contributed by atoms with van der Waals surface area (Å²) in [7, 11) is -3.54. The Morgan fingerprint density at radius 3 is 2.62 bits per heavy atom. The molecular formula is C18H19BrN2O4S. The predicted octanol–water partition coefficient (Wildman–Crippen LogP) is 3.23. The molecule has 1 aliphatic rings. The Balaban J connectivity index is 1.88. The quantitative estimate of drug-likeness (QED) is 0.797. The number of anilines is 2. The molecule has 0 radical (unpaired) electrons. The van der Waals surface area contributed by atoms with Crippen molar-refractivity contribution >= 4 is 43.2 Å². The number of nitrogens with zero attached hydrogens (tertiary/aromatic N) is 1. The molecule has 0 saturated heterocycles. The Labute approximate surface area is 161 Å². The number of halogens is 1. The van der Waals surface area contributed by atoms with E-state index in [9.17, 15) is 13.2 Å². The standard InChI is InChI=1S/C18H19BrN2O4S/c1-11-4-7-16-15(8-11)21(26(3,23)24)10-17(25-16)18(22)20-13-5-6-14(19)12(2)9-13/h4-9,17H,10H2,1-3H3,(H,20,22). The molecule has 1 N–H and O–H groups in total. The van der Waals surface area contributed by atoms with Crippen LogP contribution in [0.2, 0.25) is 0 Å². The average Bonchev–Trinajstić information content (AvgIpc) is 2.56. The zero-order chi connectivity index (χ0) is 19.1. The highest BCUT2D eigenvalue weighted by molar-refractivity contribution is 9.10. The number of benzene rings is 2. The third-order valence-electron chi connectivity index (χ3n) is 4.10. The Kier molecular flexibility index (Phi) is 4.98. The zero-order valence-corrected chi connectivity index (χ0v) is 17.0. The molecular weight excluding hydrogens is 420 g/mol. The van der Waals surface area contributed by atoms with Gasteiger partial charge in [-0.1, -0.05) is 22.0 Å². The van der Waals surface area contributed by atoms with Crippen LogP contribution >= 0.6 is 15.9 Å². The number of carbonyl (C=O) groups is 1. The van der Waals surface area contributed by atoms with Crippen LogP contribution in [0.25, 0.3) is 0 Å². The Hall–Kier alpha value is -2.06. The molecule has 2 aromatic rings. The van der Waals surface area contributed by atoms with Gasteiger partial charge in [0.2, 0.25) is 10.0 Å². The first-order valence-electron chi connectivity index (χ1n) is 7.97. The van der Waals surface area contributed by atoms with Crippen molar-refractivity contribution in [2.45, 2.75) is 20.0 Å². The van der Waals surface area contributed by atoms with Crippen LogP contribution in [0.1, 0.15) is 11.1 Å². The summed E-state index contributed by atoms with van der Waals surface area (Å²) in [5.41, 5.74) is 2.97. The molecule has 1 unspecified atom stereocenters. The Bertz CT molecular complexity index is 975. The topological polar surface area (TPSA) is 75.7 Å². The van der Waals surface area contributed by atoms with Gasteiger partial charge < -0.3 is 10.1 Å². The molecule has 0 fully saturated rings. The first kappa shape index (κ1) is 18.7. The molecule has 1 atom stereocenters. The normalized spacial score (nSPS) is 16.6. The van der Waals surface area contributed by atoms with Crippen molar-refractivity contribution in [2.75, 3.05) is 22.4 Å². The largest absolute Gasteiger partial charge is 0.476 e. The lowest BCUT2D eigenvalue weighted by molar-refractivity contribution is -0.122. The number of sulfonamides is 1. The summed E-state index contributed by atoms with van der Waals surface area (Å²) in [5.74, 6) is -0.0222. The van der Waals surface area contributed by atoms with E-state index in [4.69, 9.17) is 4.74 Å². The van der Waals surface area contributed by atoms with Gasteiger partial charge in [0.15, 0.2) is 6.10 Å². The Morgan fingerprint density at radius 1 is 1.23 bits per heavy atom. The first-order chi connectivity index (χ1) is 12.1. The molecule has 0 spiro atoms. The number of aryl methyl sites for hydroxylation is 2. The third kappa shape index (κ3) is 3.86. The van der Waals surface area contributed by atoms with E-state index in [0.717, 1.165) is 21.9 Å². The maximum atomic E-state index is 12.6. The van der Waals surface area contributed by atoms with Crippen molar-refractivity contribution in [1.29, 1.82) is 0 Å². The van der Waals surface area contributed by atoms with E-state index in [0.29, 0.717) is 17.1 Å². The summed E-state index contributed by atoms with van der Waals surface area (Å²) in [6.07, 6.45) is 0.182. The molecule has 3 rings (SSSR count). The maximum Gasteiger partial charge on any atom is 0.267 e. The van der Waals surface area contributed by atoms with Gasteiger partial charge in [0.25, 0.3) is 5.91 Å². The lowest BCUT2D eigenvalue weighted by atomic mass is 10.1. The van der Waals surface area contributed by atoms with Gasteiger partial charge in [-0.05, 0) is 55.3 Å². The van der Waals surface area contributed by atoms with Crippen LogP contribution in [-0.4, -0.2) is 33.2 Å². The highest BCUT2D eigenvalue weighted by Crippen LogP contribution is 2.36. The van der Waals surface area contributed by atoms with Crippen LogP contribution in [0.4, 0.5) is 11.4 Å². The maximum absolute atomic E-state index is 12.6. The van der Waals surface area contributed by atoms with E-state index in [-0.39, 0.29) is 6.54 Å². The van der Waals surface area contributed by atoms with Crippen LogP contribution in [-0.2, 0) is 14.8 Å². The fourth-order valence-electron chi connectivity index (χ4n) is 2.76. The molecule has 0 saturated carbocycles. The summed E-state index contributed by atoms with van der Waals surface area (Å²) in [6.45, 7) is 3.72. The fraction of sp³-hybridized carbons (Fsp3) is 0.278. The highest BCUT2D eigenvalue weighted by atomic mass is 79.9. The molecule has 8 heteroatoms. The zero-order valence-electron chi connectivity index (χ0n) is 14.6. The van der Waals surface area contributed by atoms with Crippen LogP contribution < -0.4 is 14.4 Å². The summed E-state index contributed by atoms with van der Waals surface area (Å²) < 4.78 is 32.3. The van der Waals surface area contributed by atoms with E-state index < -0.39 is 22.0 Å². The molecule has 1 heterocycles. The molecule has 1 amide bonds. The van der Waals surface area contributed by atoms with E-state index in [1.54, 1.807) is 18.2 Å². The van der Waals surface area contributed by atoms with Gasteiger partial charge in [-0.15, -0.1) is 0 Å². The molecule has 138 valence electrons. The predicted molar refractivity (Wildman–Crippen MR) is 105 cm³/mol. The molecule has 1 aliphatic heterocycles. The Morgan fingerprint density at radius 2 is 1.96 bits per heavy atom. The fourth-order valence-corrected chi connectivity index (χ4v) is 3.91.